The standard InChI is InChI=1S/C13H18F2N2O2/c1-2-8-4-3-5-9(6-8)13-16-11(19-17-13)7-10(18)12(14)15/h8-9,12H,2-7H2,1H3. The number of hydrogen-bond acceptors (Lipinski definition) is 4. The van der Waals surface area contributed by atoms with Crippen molar-refractivity contribution in [2.45, 2.75) is 57.8 Å². The van der Waals surface area contributed by atoms with E-state index >= 15 is 0 Å². The molecule has 1 aromatic rings. The second-order valence-electron chi connectivity index (χ2n) is 5.13. The number of carbonyl (C=O) groups is 1. The maximum Gasteiger partial charge on any atom is 0.296 e. The minimum absolute atomic E-state index is 0.000998. The summed E-state index contributed by atoms with van der Waals surface area (Å²) in [4.78, 5) is 15.0. The van der Waals surface area contributed by atoms with E-state index in [1.54, 1.807) is 0 Å². The predicted molar refractivity (Wildman–Crippen MR) is 64.0 cm³/mol. The van der Waals surface area contributed by atoms with Crippen LogP contribution in [0.15, 0.2) is 4.52 Å². The second-order valence-corrected chi connectivity index (χ2v) is 5.13. The van der Waals surface area contributed by atoms with E-state index in [2.05, 4.69) is 17.1 Å². The molecule has 4 nitrogen and oxygen atoms in total. The Morgan fingerprint density at radius 1 is 1.47 bits per heavy atom. The minimum atomic E-state index is -2.98. The van der Waals surface area contributed by atoms with E-state index in [1.807, 2.05) is 0 Å². The van der Waals surface area contributed by atoms with Gasteiger partial charge in [-0.2, -0.15) is 4.98 Å². The summed E-state index contributed by atoms with van der Waals surface area (Å²) in [7, 11) is 0. The van der Waals surface area contributed by atoms with Crippen molar-refractivity contribution in [3.8, 4) is 0 Å². The van der Waals surface area contributed by atoms with Crippen LogP contribution in [-0.4, -0.2) is 22.3 Å². The van der Waals surface area contributed by atoms with Crippen LogP contribution in [0.4, 0.5) is 8.78 Å². The summed E-state index contributed by atoms with van der Waals surface area (Å²) in [6.07, 6.45) is 2.04. The normalized spacial score (nSPS) is 23.8. The third-order valence-corrected chi connectivity index (χ3v) is 3.78. The number of nitrogens with zero attached hydrogens (tertiary/aromatic N) is 2. The summed E-state index contributed by atoms with van der Waals surface area (Å²) in [6.45, 7) is 2.16. The Morgan fingerprint density at radius 2 is 2.26 bits per heavy atom. The van der Waals surface area contributed by atoms with Gasteiger partial charge in [0.15, 0.2) is 5.82 Å². The van der Waals surface area contributed by atoms with Crippen LogP contribution >= 0.6 is 0 Å². The number of aromatic nitrogens is 2. The SMILES string of the molecule is CCC1CCCC(c2noc(CC(=O)C(F)F)n2)C1. The molecule has 2 rings (SSSR count). The highest BCUT2D eigenvalue weighted by atomic mass is 19.3. The Morgan fingerprint density at radius 3 is 2.95 bits per heavy atom. The fourth-order valence-electron chi connectivity index (χ4n) is 2.63. The van der Waals surface area contributed by atoms with Crippen LogP contribution in [0.2, 0.25) is 0 Å². The van der Waals surface area contributed by atoms with Crippen LogP contribution in [0, 0.1) is 5.92 Å². The van der Waals surface area contributed by atoms with Crippen molar-refractivity contribution in [3.05, 3.63) is 11.7 Å². The van der Waals surface area contributed by atoms with Gasteiger partial charge in [0, 0.05) is 5.92 Å². The highest BCUT2D eigenvalue weighted by Crippen LogP contribution is 2.36. The molecule has 0 amide bonds. The molecule has 0 saturated heterocycles. The van der Waals surface area contributed by atoms with Gasteiger partial charge in [0.05, 0.1) is 6.42 Å². The molecule has 1 aromatic heterocycles. The van der Waals surface area contributed by atoms with E-state index in [-0.39, 0.29) is 11.8 Å². The van der Waals surface area contributed by atoms with E-state index in [0.29, 0.717) is 11.7 Å². The Hall–Kier alpha value is -1.33. The third kappa shape index (κ3) is 3.58. The van der Waals surface area contributed by atoms with Crippen molar-refractivity contribution < 1.29 is 18.1 Å². The quantitative estimate of drug-likeness (QED) is 0.826. The Kier molecular flexibility index (Phi) is 4.61. The largest absolute Gasteiger partial charge is 0.339 e. The number of alkyl halides is 2. The van der Waals surface area contributed by atoms with Crippen molar-refractivity contribution in [1.82, 2.24) is 10.1 Å². The van der Waals surface area contributed by atoms with E-state index in [4.69, 9.17) is 4.52 Å². The smallest absolute Gasteiger partial charge is 0.296 e. The van der Waals surface area contributed by atoms with E-state index in [0.717, 1.165) is 25.7 Å². The molecule has 0 aromatic carbocycles. The van der Waals surface area contributed by atoms with Crippen molar-refractivity contribution in [3.63, 3.8) is 0 Å². The van der Waals surface area contributed by atoms with Crippen LogP contribution in [0.1, 0.15) is 56.7 Å². The van der Waals surface area contributed by atoms with E-state index in [1.165, 1.54) is 6.42 Å². The average Bonchev–Trinajstić information content (AvgIpc) is 2.87. The topological polar surface area (TPSA) is 56.0 Å². The number of halogens is 2. The van der Waals surface area contributed by atoms with Gasteiger partial charge in [-0.1, -0.05) is 31.3 Å². The molecule has 19 heavy (non-hydrogen) atoms. The van der Waals surface area contributed by atoms with Crippen molar-refractivity contribution >= 4 is 5.78 Å². The van der Waals surface area contributed by atoms with Gasteiger partial charge in [-0.15, -0.1) is 0 Å². The van der Waals surface area contributed by atoms with Gasteiger partial charge in [0.25, 0.3) is 6.43 Å². The molecule has 1 aliphatic carbocycles. The molecular formula is C13H18F2N2O2. The molecule has 2 unspecified atom stereocenters. The van der Waals surface area contributed by atoms with Crippen molar-refractivity contribution in [2.24, 2.45) is 5.92 Å². The maximum atomic E-state index is 12.1. The number of carbonyl (C=O) groups excluding carboxylic acids is 1. The monoisotopic (exact) mass is 272 g/mol. The zero-order chi connectivity index (χ0) is 13.8. The maximum absolute atomic E-state index is 12.1. The van der Waals surface area contributed by atoms with Gasteiger partial charge in [0.2, 0.25) is 11.7 Å². The number of hydrogen-bond donors (Lipinski definition) is 0. The van der Waals surface area contributed by atoms with Gasteiger partial charge in [-0.3, -0.25) is 4.79 Å². The predicted octanol–water partition coefficient (Wildman–Crippen LogP) is 3.13. The summed E-state index contributed by atoms with van der Waals surface area (Å²) in [5.74, 6) is 0.292. The zero-order valence-corrected chi connectivity index (χ0v) is 10.9. The van der Waals surface area contributed by atoms with Crippen molar-refractivity contribution in [1.29, 1.82) is 0 Å². The molecule has 106 valence electrons. The van der Waals surface area contributed by atoms with Gasteiger partial charge in [-0.25, -0.2) is 8.78 Å². The number of rotatable bonds is 5. The molecule has 0 radical (unpaired) electrons. The molecular weight excluding hydrogens is 254 g/mol. The van der Waals surface area contributed by atoms with E-state index in [9.17, 15) is 13.6 Å². The lowest BCUT2D eigenvalue weighted by atomic mass is 9.80. The summed E-state index contributed by atoms with van der Waals surface area (Å²) in [5.41, 5.74) is 0. The molecule has 0 aliphatic heterocycles. The zero-order valence-electron chi connectivity index (χ0n) is 10.9. The summed E-state index contributed by atoms with van der Waals surface area (Å²) >= 11 is 0. The highest BCUT2D eigenvalue weighted by Gasteiger charge is 2.27. The van der Waals surface area contributed by atoms with Crippen LogP contribution in [-0.2, 0) is 11.2 Å². The van der Waals surface area contributed by atoms with Crippen LogP contribution < -0.4 is 0 Å². The first-order chi connectivity index (χ1) is 9.10. The molecule has 0 N–H and O–H groups in total. The number of Topliss-reactive ketones (excluding diaryl/α,β-unsaturated/α-hetero) is 1. The lowest BCUT2D eigenvalue weighted by Gasteiger charge is -2.26. The molecule has 0 bridgehead atoms. The van der Waals surface area contributed by atoms with Gasteiger partial charge < -0.3 is 4.52 Å². The highest BCUT2D eigenvalue weighted by molar-refractivity contribution is 5.82. The summed E-state index contributed by atoms with van der Waals surface area (Å²) in [6, 6.07) is 0. The van der Waals surface area contributed by atoms with Gasteiger partial charge in [0.1, 0.15) is 0 Å². The van der Waals surface area contributed by atoms with Crippen molar-refractivity contribution in [2.75, 3.05) is 0 Å². The minimum Gasteiger partial charge on any atom is -0.339 e. The van der Waals surface area contributed by atoms with Crippen LogP contribution in [0.5, 0.6) is 0 Å². The lowest BCUT2D eigenvalue weighted by molar-refractivity contribution is -0.129. The first kappa shape index (κ1) is 14.1. The van der Waals surface area contributed by atoms with Crippen LogP contribution in [0.3, 0.4) is 0 Å². The fraction of sp³-hybridized carbons (Fsp3) is 0.769. The third-order valence-electron chi connectivity index (χ3n) is 3.78. The van der Waals surface area contributed by atoms with Gasteiger partial charge in [-0.05, 0) is 18.8 Å². The summed E-state index contributed by atoms with van der Waals surface area (Å²) < 4.78 is 29.2. The van der Waals surface area contributed by atoms with E-state index < -0.39 is 18.6 Å². The summed E-state index contributed by atoms with van der Waals surface area (Å²) in [5, 5.41) is 3.84. The first-order valence-electron chi connectivity index (χ1n) is 6.73. The lowest BCUT2D eigenvalue weighted by Crippen LogP contribution is -2.15. The molecule has 1 heterocycles. The molecule has 1 saturated carbocycles. The molecule has 2 atom stereocenters. The molecule has 6 heteroatoms. The van der Waals surface area contributed by atoms with Crippen LogP contribution in [0.25, 0.3) is 0 Å². The average molecular weight is 272 g/mol. The number of ketones is 1. The second kappa shape index (κ2) is 6.21. The molecule has 0 spiro atoms. The Labute approximate surface area is 110 Å². The molecule has 1 aliphatic rings. The van der Waals surface area contributed by atoms with Gasteiger partial charge >= 0.3 is 0 Å². The molecule has 1 fully saturated rings. The fourth-order valence-corrected chi connectivity index (χ4v) is 2.63. The Bertz CT molecular complexity index is 434. The Balaban J connectivity index is 1.98. The first-order valence-corrected chi connectivity index (χ1v) is 6.73.